The molecule has 7 heteroatoms. The minimum atomic E-state index is -3.47. The van der Waals surface area contributed by atoms with Crippen molar-refractivity contribution in [2.75, 3.05) is 30.3 Å². The molecule has 0 spiro atoms. The Hall–Kier alpha value is -2.38. The Kier molecular flexibility index (Phi) is 6.36. The van der Waals surface area contributed by atoms with Crippen molar-refractivity contribution >= 4 is 27.3 Å². The highest BCUT2D eigenvalue weighted by Gasteiger charge is 2.27. The molecule has 1 aliphatic rings. The number of hydrogen-bond donors (Lipinski definition) is 2. The van der Waals surface area contributed by atoms with Crippen LogP contribution in [0.1, 0.15) is 38.2 Å². The average molecular weight is 402 g/mol. The molecular weight excluding hydrogens is 374 g/mol. The molecule has 0 atom stereocenters. The highest BCUT2D eigenvalue weighted by atomic mass is 32.2. The van der Waals surface area contributed by atoms with Gasteiger partial charge in [0.25, 0.3) is 0 Å². The number of anilines is 2. The van der Waals surface area contributed by atoms with Crippen molar-refractivity contribution in [3.63, 3.8) is 0 Å². The van der Waals surface area contributed by atoms with Crippen LogP contribution in [0.5, 0.6) is 0 Å². The van der Waals surface area contributed by atoms with Gasteiger partial charge in [-0.25, -0.2) is 8.42 Å². The quantitative estimate of drug-likeness (QED) is 0.742. The van der Waals surface area contributed by atoms with Crippen molar-refractivity contribution in [2.24, 2.45) is 0 Å². The van der Waals surface area contributed by atoms with Gasteiger partial charge in [-0.1, -0.05) is 32.0 Å². The van der Waals surface area contributed by atoms with Crippen molar-refractivity contribution in [1.82, 2.24) is 4.31 Å². The van der Waals surface area contributed by atoms with E-state index in [1.807, 2.05) is 24.3 Å². The Bertz CT molecular complexity index is 918. The maximum absolute atomic E-state index is 12.7. The normalized spacial score (nSPS) is 15.0. The third-order valence-electron chi connectivity index (χ3n) is 4.85. The summed E-state index contributed by atoms with van der Waals surface area (Å²) in [6.45, 7) is 5.43. The molecular formula is C21H27N3O3S. The summed E-state index contributed by atoms with van der Waals surface area (Å²) in [5.41, 5.74) is 2.55. The number of amides is 1. The molecule has 1 heterocycles. The van der Waals surface area contributed by atoms with Crippen LogP contribution < -0.4 is 10.6 Å². The molecule has 1 aliphatic heterocycles. The zero-order valence-corrected chi connectivity index (χ0v) is 17.1. The molecule has 2 N–H and O–H groups in total. The van der Waals surface area contributed by atoms with Gasteiger partial charge in [-0.05, 0) is 54.7 Å². The van der Waals surface area contributed by atoms with Gasteiger partial charge in [-0.3, -0.25) is 4.79 Å². The number of sulfonamides is 1. The molecule has 2 aromatic rings. The molecule has 1 saturated heterocycles. The standard InChI is InChI=1S/C21H27N3O3S/c1-16(2)17-8-10-18(11-9-17)23-21(25)15-22-19-6-5-7-20(14-19)28(26,27)24-12-3-4-13-24/h5-11,14,16,22H,3-4,12-13,15H2,1-2H3,(H,23,25). The van der Waals surface area contributed by atoms with Crippen molar-refractivity contribution in [2.45, 2.75) is 37.5 Å². The molecule has 0 unspecified atom stereocenters. The zero-order valence-electron chi connectivity index (χ0n) is 16.3. The molecule has 150 valence electrons. The summed E-state index contributed by atoms with van der Waals surface area (Å²) in [5, 5.41) is 5.84. The molecule has 28 heavy (non-hydrogen) atoms. The van der Waals surface area contributed by atoms with Crippen LogP contribution in [-0.4, -0.2) is 38.3 Å². The van der Waals surface area contributed by atoms with Crippen molar-refractivity contribution in [3.8, 4) is 0 Å². The van der Waals surface area contributed by atoms with Crippen molar-refractivity contribution < 1.29 is 13.2 Å². The van der Waals surface area contributed by atoms with Gasteiger partial charge in [-0.15, -0.1) is 0 Å². The van der Waals surface area contributed by atoms with E-state index in [0.29, 0.717) is 24.7 Å². The number of nitrogens with one attached hydrogen (secondary N) is 2. The Morgan fingerprint density at radius 1 is 1.04 bits per heavy atom. The summed E-state index contributed by atoms with van der Waals surface area (Å²) in [6, 6.07) is 14.4. The van der Waals surface area contributed by atoms with Crippen LogP contribution in [0.15, 0.2) is 53.4 Å². The summed E-state index contributed by atoms with van der Waals surface area (Å²) >= 11 is 0. The first-order valence-corrected chi connectivity index (χ1v) is 11.0. The van der Waals surface area contributed by atoms with Crippen LogP contribution in [0.4, 0.5) is 11.4 Å². The predicted octanol–water partition coefficient (Wildman–Crippen LogP) is 3.65. The van der Waals surface area contributed by atoms with Crippen LogP contribution in [0, 0.1) is 0 Å². The second kappa shape index (κ2) is 8.75. The van der Waals surface area contributed by atoms with E-state index in [2.05, 4.69) is 24.5 Å². The molecule has 0 aliphatic carbocycles. The highest BCUT2D eigenvalue weighted by Crippen LogP contribution is 2.23. The number of benzene rings is 2. The Morgan fingerprint density at radius 2 is 1.71 bits per heavy atom. The van der Waals surface area contributed by atoms with Crippen LogP contribution in [0.3, 0.4) is 0 Å². The second-order valence-electron chi connectivity index (χ2n) is 7.32. The topological polar surface area (TPSA) is 78.5 Å². The molecule has 6 nitrogen and oxygen atoms in total. The van der Waals surface area contributed by atoms with Gasteiger partial charge in [0.2, 0.25) is 15.9 Å². The van der Waals surface area contributed by atoms with E-state index in [9.17, 15) is 13.2 Å². The Balaban J connectivity index is 1.59. The van der Waals surface area contributed by atoms with Gasteiger partial charge < -0.3 is 10.6 Å². The average Bonchev–Trinajstić information content (AvgIpc) is 3.23. The first-order chi connectivity index (χ1) is 13.4. The van der Waals surface area contributed by atoms with E-state index in [1.165, 1.54) is 9.87 Å². The van der Waals surface area contributed by atoms with Gasteiger partial charge >= 0.3 is 0 Å². The third-order valence-corrected chi connectivity index (χ3v) is 6.75. The van der Waals surface area contributed by atoms with E-state index in [4.69, 9.17) is 0 Å². The SMILES string of the molecule is CC(C)c1ccc(NC(=O)CNc2cccc(S(=O)(=O)N3CCCC3)c2)cc1. The maximum atomic E-state index is 12.7. The maximum Gasteiger partial charge on any atom is 0.243 e. The van der Waals surface area contributed by atoms with Crippen LogP contribution in [-0.2, 0) is 14.8 Å². The second-order valence-corrected chi connectivity index (χ2v) is 9.26. The summed E-state index contributed by atoms with van der Waals surface area (Å²) in [7, 11) is -3.47. The molecule has 0 aromatic heterocycles. The fraction of sp³-hybridized carbons (Fsp3) is 0.381. The molecule has 3 rings (SSSR count). The first kappa shape index (κ1) is 20.4. The predicted molar refractivity (Wildman–Crippen MR) is 112 cm³/mol. The molecule has 0 bridgehead atoms. The molecule has 0 saturated carbocycles. The number of carbonyl (C=O) groups is 1. The summed E-state index contributed by atoms with van der Waals surface area (Å²) in [6.07, 6.45) is 1.80. The van der Waals surface area contributed by atoms with E-state index in [-0.39, 0.29) is 17.3 Å². The molecule has 2 aromatic carbocycles. The largest absolute Gasteiger partial charge is 0.376 e. The Labute approximate surface area is 167 Å². The summed E-state index contributed by atoms with van der Waals surface area (Å²) < 4.78 is 26.8. The van der Waals surface area contributed by atoms with Crippen LogP contribution in [0.25, 0.3) is 0 Å². The molecule has 0 radical (unpaired) electrons. The van der Waals surface area contributed by atoms with E-state index in [1.54, 1.807) is 24.3 Å². The van der Waals surface area contributed by atoms with Crippen LogP contribution >= 0.6 is 0 Å². The highest BCUT2D eigenvalue weighted by molar-refractivity contribution is 7.89. The van der Waals surface area contributed by atoms with Gasteiger partial charge in [0.15, 0.2) is 0 Å². The fourth-order valence-electron chi connectivity index (χ4n) is 3.18. The monoisotopic (exact) mass is 401 g/mol. The number of rotatable bonds is 7. The van der Waals surface area contributed by atoms with Gasteiger partial charge in [0.1, 0.15) is 0 Å². The van der Waals surface area contributed by atoms with Crippen molar-refractivity contribution in [3.05, 3.63) is 54.1 Å². The number of nitrogens with zero attached hydrogens (tertiary/aromatic N) is 1. The fourth-order valence-corrected chi connectivity index (χ4v) is 4.75. The Morgan fingerprint density at radius 3 is 2.36 bits per heavy atom. The lowest BCUT2D eigenvalue weighted by atomic mass is 10.0. The van der Waals surface area contributed by atoms with Crippen LogP contribution in [0.2, 0.25) is 0 Å². The lowest BCUT2D eigenvalue weighted by Crippen LogP contribution is -2.28. The summed E-state index contributed by atoms with van der Waals surface area (Å²) in [4.78, 5) is 12.4. The number of hydrogen-bond acceptors (Lipinski definition) is 4. The van der Waals surface area contributed by atoms with Crippen molar-refractivity contribution in [1.29, 1.82) is 0 Å². The van der Waals surface area contributed by atoms with E-state index < -0.39 is 10.0 Å². The van der Waals surface area contributed by atoms with Gasteiger partial charge in [0, 0.05) is 24.5 Å². The molecule has 1 fully saturated rings. The first-order valence-electron chi connectivity index (χ1n) is 9.60. The van der Waals surface area contributed by atoms with Gasteiger partial charge in [0.05, 0.1) is 11.4 Å². The minimum Gasteiger partial charge on any atom is -0.376 e. The van der Waals surface area contributed by atoms with E-state index in [0.717, 1.165) is 18.5 Å². The third kappa shape index (κ3) is 4.91. The zero-order chi connectivity index (χ0) is 20.1. The lowest BCUT2D eigenvalue weighted by Gasteiger charge is -2.16. The number of carbonyl (C=O) groups excluding carboxylic acids is 1. The molecule has 1 amide bonds. The lowest BCUT2D eigenvalue weighted by molar-refractivity contribution is -0.114. The summed E-state index contributed by atoms with van der Waals surface area (Å²) in [5.74, 6) is 0.251. The van der Waals surface area contributed by atoms with E-state index >= 15 is 0 Å². The van der Waals surface area contributed by atoms with Gasteiger partial charge in [-0.2, -0.15) is 4.31 Å². The smallest absolute Gasteiger partial charge is 0.243 e. The minimum absolute atomic E-state index is 0.0547.